The number of amidine groups is 1. The summed E-state index contributed by atoms with van der Waals surface area (Å²) in [5.74, 6) is -0.0874. The zero-order valence-electron chi connectivity index (χ0n) is 6.11. The number of nitrogens with one attached hydrogen (secondary N) is 1. The van der Waals surface area contributed by atoms with Crippen molar-refractivity contribution in [3.8, 4) is 11.5 Å². The van der Waals surface area contributed by atoms with Crippen LogP contribution in [0.5, 0.6) is 11.5 Å². The third-order valence-electron chi connectivity index (χ3n) is 1.16. The molecule has 0 aromatic heterocycles. The van der Waals surface area contributed by atoms with Gasteiger partial charge in [0.2, 0.25) is 0 Å². The fourth-order valence-electron chi connectivity index (χ4n) is 0.711. The van der Waals surface area contributed by atoms with Gasteiger partial charge in [0.05, 0.1) is 4.90 Å². The molecule has 0 amide bonds. The molecule has 4 nitrogen and oxygen atoms in total. The van der Waals surface area contributed by atoms with Crippen molar-refractivity contribution in [3.05, 3.63) is 18.2 Å². The highest BCUT2D eigenvalue weighted by molar-refractivity contribution is 8.13. The van der Waals surface area contributed by atoms with Crippen molar-refractivity contribution in [2.24, 2.45) is 5.73 Å². The minimum absolute atomic E-state index is 0.0135. The topological polar surface area (TPSA) is 90.3 Å². The summed E-state index contributed by atoms with van der Waals surface area (Å²) < 4.78 is 0. The van der Waals surface area contributed by atoms with Gasteiger partial charge in [0.25, 0.3) is 0 Å². The molecule has 0 aliphatic carbocycles. The largest absolute Gasteiger partial charge is 0.508 e. The van der Waals surface area contributed by atoms with Gasteiger partial charge < -0.3 is 15.9 Å². The molecule has 0 atom stereocenters. The second kappa shape index (κ2) is 3.36. The number of hydrogen-bond donors (Lipinski definition) is 4. The minimum atomic E-state index is -0.101. The quantitative estimate of drug-likeness (QED) is 0.298. The lowest BCUT2D eigenvalue weighted by molar-refractivity contribution is 0.442. The molecule has 5 N–H and O–H groups in total. The smallest absolute Gasteiger partial charge is 0.156 e. The Morgan fingerprint density at radius 1 is 1.42 bits per heavy atom. The van der Waals surface area contributed by atoms with Crippen LogP contribution < -0.4 is 5.73 Å². The molecule has 5 heteroatoms. The first-order chi connectivity index (χ1) is 5.59. The predicted molar refractivity (Wildman–Crippen MR) is 47.5 cm³/mol. The third kappa shape index (κ3) is 2.06. The molecule has 0 spiro atoms. The van der Waals surface area contributed by atoms with Gasteiger partial charge in [-0.1, -0.05) is 0 Å². The molecule has 0 heterocycles. The summed E-state index contributed by atoms with van der Waals surface area (Å²) in [7, 11) is 0. The first-order valence-corrected chi connectivity index (χ1v) is 3.95. The molecule has 0 aliphatic rings. The highest BCUT2D eigenvalue weighted by Crippen LogP contribution is 2.30. The van der Waals surface area contributed by atoms with Crippen LogP contribution in [0.25, 0.3) is 0 Å². The Morgan fingerprint density at radius 2 is 2.08 bits per heavy atom. The third-order valence-corrected chi connectivity index (χ3v) is 1.95. The van der Waals surface area contributed by atoms with Crippen LogP contribution in [0.2, 0.25) is 0 Å². The van der Waals surface area contributed by atoms with E-state index in [1.807, 2.05) is 0 Å². The first kappa shape index (κ1) is 8.73. The van der Waals surface area contributed by atoms with Gasteiger partial charge in [-0.15, -0.1) is 0 Å². The molecular weight excluding hydrogens is 176 g/mol. The van der Waals surface area contributed by atoms with E-state index in [-0.39, 0.29) is 16.7 Å². The molecule has 0 aliphatic heterocycles. The van der Waals surface area contributed by atoms with Crippen LogP contribution in [0.15, 0.2) is 23.1 Å². The first-order valence-electron chi connectivity index (χ1n) is 3.13. The maximum Gasteiger partial charge on any atom is 0.156 e. The van der Waals surface area contributed by atoms with Gasteiger partial charge in [-0.3, -0.25) is 5.41 Å². The average molecular weight is 184 g/mol. The summed E-state index contributed by atoms with van der Waals surface area (Å²) in [4.78, 5) is 0.459. The summed E-state index contributed by atoms with van der Waals surface area (Å²) in [5, 5.41) is 25.0. The maximum atomic E-state index is 9.21. The van der Waals surface area contributed by atoms with Crippen molar-refractivity contribution in [1.82, 2.24) is 0 Å². The fourth-order valence-corrected chi connectivity index (χ4v) is 1.25. The number of benzene rings is 1. The molecule has 0 bridgehead atoms. The Kier molecular flexibility index (Phi) is 2.44. The molecule has 1 rings (SSSR count). The van der Waals surface area contributed by atoms with Crippen LogP contribution in [-0.2, 0) is 0 Å². The Morgan fingerprint density at radius 3 is 2.58 bits per heavy atom. The van der Waals surface area contributed by atoms with Gasteiger partial charge in [-0.05, 0) is 23.9 Å². The molecular formula is C7H8N2O2S. The van der Waals surface area contributed by atoms with Crippen LogP contribution in [0.4, 0.5) is 0 Å². The lowest BCUT2D eigenvalue weighted by Crippen LogP contribution is -2.02. The fraction of sp³-hybridized carbons (Fsp3) is 0. The number of thioether (sulfide) groups is 1. The van der Waals surface area contributed by atoms with Crippen LogP contribution in [0.3, 0.4) is 0 Å². The zero-order valence-corrected chi connectivity index (χ0v) is 6.93. The molecule has 0 saturated heterocycles. The van der Waals surface area contributed by atoms with Crippen LogP contribution >= 0.6 is 11.8 Å². The van der Waals surface area contributed by atoms with Crippen molar-refractivity contribution < 1.29 is 10.2 Å². The normalized spacial score (nSPS) is 9.67. The van der Waals surface area contributed by atoms with Crippen molar-refractivity contribution in [2.75, 3.05) is 0 Å². The van der Waals surface area contributed by atoms with Gasteiger partial charge in [-0.2, -0.15) is 0 Å². The average Bonchev–Trinajstić information content (AvgIpc) is 1.94. The summed E-state index contributed by atoms with van der Waals surface area (Å²) in [6.45, 7) is 0. The molecule has 0 saturated carbocycles. The molecule has 1 aromatic carbocycles. The maximum absolute atomic E-state index is 9.21. The Balaban J connectivity index is 2.93. The van der Waals surface area contributed by atoms with Crippen LogP contribution in [0.1, 0.15) is 0 Å². The SMILES string of the molecule is N=C(N)Sc1ccc(O)cc1O. The van der Waals surface area contributed by atoms with Gasteiger partial charge in [0, 0.05) is 6.07 Å². The van der Waals surface area contributed by atoms with Crippen LogP contribution in [0, 0.1) is 5.41 Å². The van der Waals surface area contributed by atoms with E-state index in [2.05, 4.69) is 0 Å². The highest BCUT2D eigenvalue weighted by atomic mass is 32.2. The number of nitrogens with two attached hydrogens (primary N) is 1. The van der Waals surface area contributed by atoms with Gasteiger partial charge in [-0.25, -0.2) is 0 Å². The van der Waals surface area contributed by atoms with E-state index in [1.165, 1.54) is 18.2 Å². The van der Waals surface area contributed by atoms with Crippen molar-refractivity contribution >= 4 is 16.9 Å². The number of phenols is 2. The number of phenolic OH excluding ortho intramolecular Hbond substituents is 2. The monoisotopic (exact) mass is 184 g/mol. The Labute approximate surface area is 73.5 Å². The van der Waals surface area contributed by atoms with Gasteiger partial charge >= 0.3 is 0 Å². The van der Waals surface area contributed by atoms with Gasteiger partial charge in [0.1, 0.15) is 11.5 Å². The second-order valence-corrected chi connectivity index (χ2v) is 3.20. The number of rotatable bonds is 1. The predicted octanol–water partition coefficient (Wildman–Crippen LogP) is 1.08. The molecule has 0 fully saturated rings. The van der Waals surface area contributed by atoms with Crippen molar-refractivity contribution in [2.45, 2.75) is 4.90 Å². The lowest BCUT2D eigenvalue weighted by atomic mass is 10.3. The van der Waals surface area contributed by atoms with E-state index >= 15 is 0 Å². The highest BCUT2D eigenvalue weighted by Gasteiger charge is 2.03. The molecule has 0 radical (unpaired) electrons. The molecule has 12 heavy (non-hydrogen) atoms. The minimum Gasteiger partial charge on any atom is -0.508 e. The lowest BCUT2D eigenvalue weighted by Gasteiger charge is -2.01. The van der Waals surface area contributed by atoms with E-state index in [4.69, 9.17) is 16.2 Å². The van der Waals surface area contributed by atoms with Crippen LogP contribution in [-0.4, -0.2) is 15.4 Å². The number of hydrogen-bond acceptors (Lipinski definition) is 4. The van der Waals surface area contributed by atoms with Crippen molar-refractivity contribution in [3.63, 3.8) is 0 Å². The Hall–Kier alpha value is -1.36. The Bertz CT molecular complexity index is 314. The van der Waals surface area contributed by atoms with E-state index < -0.39 is 0 Å². The summed E-state index contributed by atoms with van der Waals surface area (Å²) in [6, 6.07) is 4.12. The zero-order chi connectivity index (χ0) is 9.14. The van der Waals surface area contributed by atoms with Crippen molar-refractivity contribution in [1.29, 1.82) is 5.41 Å². The molecule has 0 unspecified atom stereocenters. The molecule has 64 valence electrons. The molecule has 1 aromatic rings. The summed E-state index contributed by atoms with van der Waals surface area (Å²) >= 11 is 0.934. The van der Waals surface area contributed by atoms with E-state index in [1.54, 1.807) is 0 Å². The number of aromatic hydroxyl groups is 2. The van der Waals surface area contributed by atoms with Gasteiger partial charge in [0.15, 0.2) is 5.17 Å². The van der Waals surface area contributed by atoms with E-state index in [0.29, 0.717) is 4.90 Å². The standard InChI is InChI=1S/C7H8N2O2S/c8-7(9)12-6-2-1-4(10)3-5(6)11/h1-3,10-11H,(H3,8,9). The summed E-state index contributed by atoms with van der Waals surface area (Å²) in [6.07, 6.45) is 0. The van der Waals surface area contributed by atoms with E-state index in [9.17, 15) is 5.11 Å². The van der Waals surface area contributed by atoms with E-state index in [0.717, 1.165) is 11.8 Å². The summed E-state index contributed by atoms with van der Waals surface area (Å²) in [5.41, 5.74) is 5.10. The second-order valence-electron chi connectivity index (χ2n) is 2.12.